The van der Waals surface area contributed by atoms with Crippen LogP contribution in [0.2, 0.25) is 0 Å². The minimum atomic E-state index is -5.73. The average Bonchev–Trinajstić information content (AvgIpc) is 2.47. The summed E-state index contributed by atoms with van der Waals surface area (Å²) in [6, 6.07) is 1.24. The fourth-order valence-corrected chi connectivity index (χ4v) is 4.85. The van der Waals surface area contributed by atoms with Gasteiger partial charge in [0.25, 0.3) is 0 Å². The zero-order valence-electron chi connectivity index (χ0n) is 14.3. The van der Waals surface area contributed by atoms with Gasteiger partial charge in [-0.3, -0.25) is 9.09 Å². The van der Waals surface area contributed by atoms with Gasteiger partial charge in [-0.25, -0.2) is 23.1 Å². The standard InChI is InChI=1S/C9H17FN3O12P3S/c1-5(10)6(23-9(14)13-3-2-7(11)12-8(13)29)4-22-27(18,19)25-28(20,21)24-26(15,16)17/h2-3,5-6,9,14H,4H2,1H3,(H,18,19)(H,20,21)(H2,11,12,29)(H2,15,16,17)/t5-,6-,9+/m1/s1. The average molecular weight is 503 g/mol. The van der Waals surface area contributed by atoms with Gasteiger partial charge in [0.15, 0.2) is 0 Å². The molecule has 0 bridgehead atoms. The lowest BCUT2D eigenvalue weighted by Crippen LogP contribution is -2.32. The predicted molar refractivity (Wildman–Crippen MR) is 94.0 cm³/mol. The highest BCUT2D eigenvalue weighted by atomic mass is 32.1. The Balaban J connectivity index is 2.81. The van der Waals surface area contributed by atoms with Gasteiger partial charge < -0.3 is 35.2 Å². The van der Waals surface area contributed by atoms with E-state index in [0.29, 0.717) is 0 Å². The Morgan fingerprint density at radius 3 is 2.31 bits per heavy atom. The molecule has 0 aliphatic carbocycles. The topological polar surface area (TPSA) is 233 Å². The zero-order chi connectivity index (χ0) is 22.6. The van der Waals surface area contributed by atoms with Crippen LogP contribution in [0.5, 0.6) is 0 Å². The maximum Gasteiger partial charge on any atom is 0.490 e. The summed E-state index contributed by atoms with van der Waals surface area (Å²) in [6.45, 7) is -0.188. The number of nitrogens with zero attached hydrogens (tertiary/aromatic N) is 2. The molecule has 0 fully saturated rings. The highest BCUT2D eigenvalue weighted by Crippen LogP contribution is 2.66. The number of hydrogen-bond donors (Lipinski definition) is 6. The van der Waals surface area contributed by atoms with Crippen molar-refractivity contribution in [3.8, 4) is 0 Å². The smallest absolute Gasteiger partial charge is 0.384 e. The molecule has 5 atom stereocenters. The number of rotatable bonds is 11. The number of aromatic nitrogens is 2. The molecular formula is C9H17FN3O12P3S. The van der Waals surface area contributed by atoms with E-state index in [1.165, 1.54) is 6.07 Å². The van der Waals surface area contributed by atoms with Crippen LogP contribution in [0.1, 0.15) is 13.3 Å². The first-order chi connectivity index (χ1) is 13.0. The van der Waals surface area contributed by atoms with Crippen molar-refractivity contribution in [1.82, 2.24) is 9.55 Å². The molecule has 20 heteroatoms. The molecule has 1 rings (SSSR count). The zero-order valence-corrected chi connectivity index (χ0v) is 17.8. The summed E-state index contributed by atoms with van der Waals surface area (Å²) in [7, 11) is -16.8. The third-order valence-electron chi connectivity index (χ3n) is 2.72. The van der Waals surface area contributed by atoms with Crippen molar-refractivity contribution in [1.29, 1.82) is 0 Å². The van der Waals surface area contributed by atoms with Crippen molar-refractivity contribution in [2.45, 2.75) is 25.6 Å². The molecule has 1 heterocycles. The first kappa shape index (κ1) is 26.4. The Morgan fingerprint density at radius 1 is 1.24 bits per heavy atom. The van der Waals surface area contributed by atoms with E-state index in [-0.39, 0.29) is 10.6 Å². The van der Waals surface area contributed by atoms with Crippen LogP contribution in [0, 0.1) is 4.77 Å². The molecular weight excluding hydrogens is 486 g/mol. The Morgan fingerprint density at radius 2 is 1.83 bits per heavy atom. The molecule has 0 saturated carbocycles. The lowest BCUT2D eigenvalue weighted by atomic mass is 10.3. The van der Waals surface area contributed by atoms with Gasteiger partial charge in [-0.05, 0) is 25.2 Å². The van der Waals surface area contributed by atoms with Crippen molar-refractivity contribution in [3.05, 3.63) is 17.0 Å². The van der Waals surface area contributed by atoms with Crippen LogP contribution in [0.4, 0.5) is 10.2 Å². The summed E-state index contributed by atoms with van der Waals surface area (Å²) in [4.78, 5) is 38.9. The molecule has 0 aromatic carbocycles. The highest BCUT2D eigenvalue weighted by Gasteiger charge is 2.41. The quantitative estimate of drug-likeness (QED) is 0.139. The molecule has 1 aromatic heterocycles. The molecule has 1 aromatic rings. The number of aliphatic hydroxyl groups excluding tert-OH is 1. The first-order valence-electron chi connectivity index (χ1n) is 7.12. The molecule has 0 aliphatic heterocycles. The van der Waals surface area contributed by atoms with Gasteiger partial charge in [0.2, 0.25) is 11.2 Å². The molecule has 29 heavy (non-hydrogen) atoms. The van der Waals surface area contributed by atoms with Gasteiger partial charge in [-0.1, -0.05) is 0 Å². The number of aliphatic hydroxyl groups is 1. The van der Waals surface area contributed by atoms with Crippen LogP contribution in [0.25, 0.3) is 0 Å². The molecule has 7 N–H and O–H groups in total. The van der Waals surface area contributed by atoms with E-state index in [0.717, 1.165) is 17.7 Å². The number of halogens is 1. The minimum Gasteiger partial charge on any atom is -0.384 e. The fourth-order valence-electron chi connectivity index (χ4n) is 1.57. The van der Waals surface area contributed by atoms with Crippen molar-refractivity contribution in [2.24, 2.45) is 0 Å². The van der Waals surface area contributed by atoms with Crippen LogP contribution in [-0.4, -0.2) is 53.1 Å². The number of hydrogen-bond acceptors (Lipinski definition) is 11. The van der Waals surface area contributed by atoms with E-state index in [9.17, 15) is 28.1 Å². The normalized spacial score (nSPS) is 19.7. The second-order valence-corrected chi connectivity index (χ2v) is 9.89. The van der Waals surface area contributed by atoms with Crippen LogP contribution in [-0.2, 0) is 31.6 Å². The summed E-state index contributed by atoms with van der Waals surface area (Å²) >= 11 is 4.83. The van der Waals surface area contributed by atoms with Crippen LogP contribution in [0.3, 0.4) is 0 Å². The number of nitrogen functional groups attached to an aromatic ring is 1. The van der Waals surface area contributed by atoms with Gasteiger partial charge >= 0.3 is 23.5 Å². The molecule has 0 aliphatic rings. The Bertz CT molecular complexity index is 908. The largest absolute Gasteiger partial charge is 0.490 e. The molecule has 168 valence electrons. The van der Waals surface area contributed by atoms with Crippen molar-refractivity contribution in [3.63, 3.8) is 0 Å². The number of phosphoric acid groups is 3. The molecule has 0 radical (unpaired) electrons. The van der Waals surface area contributed by atoms with E-state index >= 15 is 0 Å². The van der Waals surface area contributed by atoms with Crippen molar-refractivity contribution >= 4 is 41.5 Å². The van der Waals surface area contributed by atoms with Crippen molar-refractivity contribution in [2.75, 3.05) is 12.3 Å². The van der Waals surface area contributed by atoms with Crippen LogP contribution < -0.4 is 5.73 Å². The second kappa shape index (κ2) is 10.1. The van der Waals surface area contributed by atoms with E-state index in [2.05, 4.69) is 18.1 Å². The Kier molecular flexibility index (Phi) is 9.20. The molecule has 0 spiro atoms. The van der Waals surface area contributed by atoms with Crippen LogP contribution in [0.15, 0.2) is 12.3 Å². The third-order valence-corrected chi connectivity index (χ3v) is 6.82. The summed E-state index contributed by atoms with van der Waals surface area (Å²) in [5.41, 5.74) is 5.39. The number of nitrogens with two attached hydrogens (primary N) is 1. The molecule has 2 unspecified atom stereocenters. The van der Waals surface area contributed by atoms with E-state index in [4.69, 9.17) is 37.4 Å². The van der Waals surface area contributed by atoms with Gasteiger partial charge in [-0.2, -0.15) is 8.62 Å². The number of phosphoric ester groups is 1. The Hall–Kier alpha value is -0.640. The summed E-state index contributed by atoms with van der Waals surface area (Å²) in [5.74, 6) is 0.0292. The van der Waals surface area contributed by atoms with Crippen molar-refractivity contribution < 1.29 is 60.6 Å². The number of ether oxygens (including phenoxy) is 1. The van der Waals surface area contributed by atoms with E-state index in [1.807, 2.05) is 0 Å². The highest BCUT2D eigenvalue weighted by molar-refractivity contribution is 7.71. The SMILES string of the molecule is C[C@@H](F)[C@@H](COP(=O)(O)OP(=O)(O)OP(=O)(O)O)O[C@H](O)n1ccc(N)nc1=S. The second-order valence-electron chi connectivity index (χ2n) is 5.11. The monoisotopic (exact) mass is 503 g/mol. The lowest BCUT2D eigenvalue weighted by Gasteiger charge is -2.24. The number of alkyl halides is 1. The maximum atomic E-state index is 13.7. The van der Waals surface area contributed by atoms with Gasteiger partial charge in [0.05, 0.1) is 6.61 Å². The van der Waals surface area contributed by atoms with E-state index in [1.54, 1.807) is 0 Å². The third kappa shape index (κ3) is 9.81. The summed E-state index contributed by atoms with van der Waals surface area (Å²) in [6.07, 6.45) is -4.43. The summed E-state index contributed by atoms with van der Waals surface area (Å²) in [5, 5.41) is 9.97. The predicted octanol–water partition coefficient (Wildman–Crippen LogP) is 0.730. The summed E-state index contributed by atoms with van der Waals surface area (Å²) < 4.78 is 63.9. The molecule has 0 saturated heterocycles. The van der Waals surface area contributed by atoms with Gasteiger partial charge in [0, 0.05) is 6.20 Å². The van der Waals surface area contributed by atoms with Gasteiger partial charge in [0.1, 0.15) is 18.1 Å². The van der Waals surface area contributed by atoms with Gasteiger partial charge in [-0.15, -0.1) is 0 Å². The fraction of sp³-hybridized carbons (Fsp3) is 0.556. The molecule has 0 amide bonds. The lowest BCUT2D eigenvalue weighted by molar-refractivity contribution is -0.204. The molecule has 15 nitrogen and oxygen atoms in total. The van der Waals surface area contributed by atoms with E-state index < -0.39 is 48.8 Å². The first-order valence-corrected chi connectivity index (χ1v) is 12.0. The number of anilines is 1. The maximum absolute atomic E-state index is 13.7. The Labute approximate surface area is 167 Å². The van der Waals surface area contributed by atoms with Crippen LogP contribution >= 0.6 is 35.7 Å². The minimum absolute atomic E-state index is 0.0292.